The van der Waals surface area contributed by atoms with Gasteiger partial charge < -0.3 is 10.1 Å². The van der Waals surface area contributed by atoms with Crippen molar-refractivity contribution in [1.82, 2.24) is 20.2 Å². The SMILES string of the molecule is CCCNCc1cn[nH]c1S(=O)(=O)NC1CCC(OC)C1. The molecule has 0 bridgehead atoms. The molecule has 0 spiro atoms. The maximum Gasteiger partial charge on any atom is 0.258 e. The van der Waals surface area contributed by atoms with Crippen LogP contribution in [0, 0.1) is 0 Å². The van der Waals surface area contributed by atoms with Crippen molar-refractivity contribution in [1.29, 1.82) is 0 Å². The molecule has 1 aromatic heterocycles. The molecule has 7 nitrogen and oxygen atoms in total. The summed E-state index contributed by atoms with van der Waals surface area (Å²) in [6.07, 6.45) is 5.10. The van der Waals surface area contributed by atoms with E-state index < -0.39 is 10.0 Å². The van der Waals surface area contributed by atoms with E-state index in [-0.39, 0.29) is 17.2 Å². The highest BCUT2D eigenvalue weighted by atomic mass is 32.2. The summed E-state index contributed by atoms with van der Waals surface area (Å²) in [6, 6.07) is -0.0697. The van der Waals surface area contributed by atoms with Crippen LogP contribution in [0.5, 0.6) is 0 Å². The molecule has 0 aliphatic heterocycles. The van der Waals surface area contributed by atoms with E-state index in [1.165, 1.54) is 0 Å². The minimum atomic E-state index is -3.56. The predicted octanol–water partition coefficient (Wildman–Crippen LogP) is 0.755. The van der Waals surface area contributed by atoms with Crippen molar-refractivity contribution in [3.05, 3.63) is 11.8 Å². The van der Waals surface area contributed by atoms with Gasteiger partial charge in [-0.3, -0.25) is 5.10 Å². The van der Waals surface area contributed by atoms with E-state index in [9.17, 15) is 8.42 Å². The van der Waals surface area contributed by atoms with Crippen LogP contribution in [0.4, 0.5) is 0 Å². The Morgan fingerprint density at radius 3 is 2.95 bits per heavy atom. The lowest BCUT2D eigenvalue weighted by molar-refractivity contribution is 0.107. The number of nitrogens with zero attached hydrogens (tertiary/aromatic N) is 1. The topological polar surface area (TPSA) is 96.1 Å². The molecule has 8 heteroatoms. The zero-order valence-corrected chi connectivity index (χ0v) is 13.4. The highest BCUT2D eigenvalue weighted by Crippen LogP contribution is 2.23. The fraction of sp³-hybridized carbons (Fsp3) is 0.769. The summed E-state index contributed by atoms with van der Waals surface area (Å²) in [7, 11) is -1.90. The molecule has 1 fully saturated rings. The minimum Gasteiger partial charge on any atom is -0.381 e. The average Bonchev–Trinajstić information content (AvgIpc) is 3.07. The lowest BCUT2D eigenvalue weighted by Gasteiger charge is -2.13. The second kappa shape index (κ2) is 7.35. The van der Waals surface area contributed by atoms with Crippen molar-refractivity contribution in [3.8, 4) is 0 Å². The first-order valence-corrected chi connectivity index (χ1v) is 8.83. The van der Waals surface area contributed by atoms with Crippen molar-refractivity contribution < 1.29 is 13.2 Å². The second-order valence-corrected chi connectivity index (χ2v) is 7.04. The zero-order chi connectivity index (χ0) is 15.3. The van der Waals surface area contributed by atoms with Crippen molar-refractivity contribution in [2.45, 2.75) is 56.3 Å². The summed E-state index contributed by atoms with van der Waals surface area (Å²) in [4.78, 5) is 0. The molecule has 2 rings (SSSR count). The van der Waals surface area contributed by atoms with Crippen molar-refractivity contribution in [2.75, 3.05) is 13.7 Å². The Kier molecular flexibility index (Phi) is 5.74. The molecular weight excluding hydrogens is 292 g/mol. The summed E-state index contributed by atoms with van der Waals surface area (Å²) in [6.45, 7) is 3.40. The van der Waals surface area contributed by atoms with Crippen LogP contribution < -0.4 is 10.0 Å². The van der Waals surface area contributed by atoms with E-state index in [4.69, 9.17) is 4.74 Å². The molecule has 0 aromatic carbocycles. The molecule has 1 aromatic rings. The number of H-pyrrole nitrogens is 1. The quantitative estimate of drug-likeness (QED) is 0.615. The van der Waals surface area contributed by atoms with Gasteiger partial charge in [0.25, 0.3) is 10.0 Å². The van der Waals surface area contributed by atoms with Crippen molar-refractivity contribution >= 4 is 10.0 Å². The third-order valence-corrected chi connectivity index (χ3v) is 5.26. The van der Waals surface area contributed by atoms with Crippen LogP contribution in [0.15, 0.2) is 11.2 Å². The molecule has 1 saturated carbocycles. The van der Waals surface area contributed by atoms with Gasteiger partial charge in [-0.15, -0.1) is 0 Å². The smallest absolute Gasteiger partial charge is 0.258 e. The number of hydrogen-bond donors (Lipinski definition) is 3. The van der Waals surface area contributed by atoms with E-state index in [0.29, 0.717) is 18.5 Å². The lowest BCUT2D eigenvalue weighted by atomic mass is 10.3. The molecule has 1 aliphatic carbocycles. The molecule has 120 valence electrons. The Hall–Kier alpha value is -0.960. The number of aromatic nitrogens is 2. The molecular formula is C13H24N4O3S. The van der Waals surface area contributed by atoms with Crippen LogP contribution >= 0.6 is 0 Å². The van der Waals surface area contributed by atoms with Gasteiger partial charge in [0.15, 0.2) is 5.03 Å². The molecule has 2 atom stereocenters. The van der Waals surface area contributed by atoms with E-state index in [0.717, 1.165) is 25.8 Å². The number of rotatable bonds is 8. The van der Waals surface area contributed by atoms with Gasteiger partial charge in [0.2, 0.25) is 0 Å². The molecule has 1 aliphatic rings. The van der Waals surface area contributed by atoms with Gasteiger partial charge in [0.1, 0.15) is 0 Å². The Bertz CT molecular complexity index is 543. The summed E-state index contributed by atoms with van der Waals surface area (Å²) in [5.74, 6) is 0. The molecule has 1 heterocycles. The van der Waals surface area contributed by atoms with Gasteiger partial charge in [-0.2, -0.15) is 5.10 Å². The largest absolute Gasteiger partial charge is 0.381 e. The maximum atomic E-state index is 12.4. The summed E-state index contributed by atoms with van der Waals surface area (Å²) in [5, 5.41) is 9.81. The molecule has 0 amide bonds. The van der Waals surface area contributed by atoms with E-state index in [2.05, 4.69) is 27.2 Å². The number of ether oxygens (including phenoxy) is 1. The van der Waals surface area contributed by atoms with Gasteiger partial charge in [-0.25, -0.2) is 13.1 Å². The lowest BCUT2D eigenvalue weighted by Crippen LogP contribution is -2.34. The first kappa shape index (κ1) is 16.4. The van der Waals surface area contributed by atoms with Crippen LogP contribution in [0.2, 0.25) is 0 Å². The number of aromatic amines is 1. The van der Waals surface area contributed by atoms with E-state index >= 15 is 0 Å². The third kappa shape index (κ3) is 4.26. The van der Waals surface area contributed by atoms with Crippen LogP contribution in [0.1, 0.15) is 38.2 Å². The van der Waals surface area contributed by atoms with Gasteiger partial charge >= 0.3 is 0 Å². The Labute approximate surface area is 125 Å². The van der Waals surface area contributed by atoms with Gasteiger partial charge in [-0.05, 0) is 32.2 Å². The summed E-state index contributed by atoms with van der Waals surface area (Å²) < 4.78 is 32.9. The van der Waals surface area contributed by atoms with Crippen molar-refractivity contribution in [3.63, 3.8) is 0 Å². The number of hydrogen-bond acceptors (Lipinski definition) is 5. The maximum absolute atomic E-state index is 12.4. The first-order chi connectivity index (χ1) is 10.1. The fourth-order valence-electron chi connectivity index (χ4n) is 2.60. The minimum absolute atomic E-state index is 0.0697. The molecule has 0 saturated heterocycles. The Balaban J connectivity index is 2.01. The highest BCUT2D eigenvalue weighted by Gasteiger charge is 2.30. The Morgan fingerprint density at radius 1 is 1.48 bits per heavy atom. The molecule has 2 unspecified atom stereocenters. The zero-order valence-electron chi connectivity index (χ0n) is 12.6. The van der Waals surface area contributed by atoms with Gasteiger partial charge in [0.05, 0.1) is 12.3 Å². The van der Waals surface area contributed by atoms with E-state index in [1.54, 1.807) is 13.3 Å². The van der Waals surface area contributed by atoms with Crippen LogP contribution in [-0.4, -0.2) is 44.4 Å². The van der Waals surface area contributed by atoms with Crippen molar-refractivity contribution in [2.24, 2.45) is 0 Å². The van der Waals surface area contributed by atoms with E-state index in [1.807, 2.05) is 0 Å². The van der Waals surface area contributed by atoms with Gasteiger partial charge in [0, 0.05) is 25.3 Å². The first-order valence-electron chi connectivity index (χ1n) is 7.35. The fourth-order valence-corrected chi connectivity index (χ4v) is 4.01. The van der Waals surface area contributed by atoms with Crippen LogP contribution in [-0.2, 0) is 21.3 Å². The van der Waals surface area contributed by atoms with Crippen LogP contribution in [0.25, 0.3) is 0 Å². The summed E-state index contributed by atoms with van der Waals surface area (Å²) in [5.41, 5.74) is 0.664. The normalized spacial score (nSPS) is 22.8. The monoisotopic (exact) mass is 316 g/mol. The number of nitrogens with one attached hydrogen (secondary N) is 3. The Morgan fingerprint density at radius 2 is 2.29 bits per heavy atom. The van der Waals surface area contributed by atoms with Crippen LogP contribution in [0.3, 0.4) is 0 Å². The standard InChI is InChI=1S/C13H24N4O3S/c1-3-6-14-8-10-9-15-16-13(10)21(18,19)17-11-4-5-12(7-11)20-2/h9,11-12,14,17H,3-8H2,1-2H3,(H,15,16). The number of sulfonamides is 1. The molecule has 21 heavy (non-hydrogen) atoms. The average molecular weight is 316 g/mol. The molecule has 0 radical (unpaired) electrons. The predicted molar refractivity (Wildman–Crippen MR) is 79.3 cm³/mol. The second-order valence-electron chi connectivity index (χ2n) is 5.39. The number of methoxy groups -OCH3 is 1. The summed E-state index contributed by atoms with van der Waals surface area (Å²) >= 11 is 0. The third-order valence-electron chi connectivity index (χ3n) is 3.73. The van der Waals surface area contributed by atoms with Gasteiger partial charge in [-0.1, -0.05) is 6.92 Å². The highest BCUT2D eigenvalue weighted by molar-refractivity contribution is 7.89. The molecule has 3 N–H and O–H groups in total.